The molecule has 1 aromatic rings. The fourth-order valence-electron chi connectivity index (χ4n) is 1.99. The molecule has 0 bridgehead atoms. The molecular weight excluding hydrogens is 228 g/mol. The summed E-state index contributed by atoms with van der Waals surface area (Å²) in [5.74, 6) is 1.53. The summed E-state index contributed by atoms with van der Waals surface area (Å²) in [6.45, 7) is 4.16. The molecule has 1 aliphatic carbocycles. The Hall–Kier alpha value is -1.36. The standard InChI is InChI=1S/C13H22N4O/c1-2-7-14-12-15-8-3-11(17-12)16-10-13(4-5-13)6-9-18/h3,8,18H,2,4-7,9-10H2,1H3,(H2,14,15,16,17). The van der Waals surface area contributed by atoms with E-state index in [0.29, 0.717) is 11.4 Å². The van der Waals surface area contributed by atoms with Crippen LogP contribution >= 0.6 is 0 Å². The Bertz CT molecular complexity index is 379. The van der Waals surface area contributed by atoms with Crippen molar-refractivity contribution in [1.29, 1.82) is 0 Å². The highest BCUT2D eigenvalue weighted by atomic mass is 16.3. The van der Waals surface area contributed by atoms with Gasteiger partial charge in [-0.25, -0.2) is 4.98 Å². The van der Waals surface area contributed by atoms with Gasteiger partial charge in [-0.2, -0.15) is 4.98 Å². The zero-order chi connectivity index (χ0) is 12.8. The van der Waals surface area contributed by atoms with Gasteiger partial charge in [0, 0.05) is 25.9 Å². The predicted molar refractivity (Wildman–Crippen MR) is 72.7 cm³/mol. The first-order valence-corrected chi connectivity index (χ1v) is 6.70. The Morgan fingerprint density at radius 2 is 2.22 bits per heavy atom. The van der Waals surface area contributed by atoms with Crippen molar-refractivity contribution in [3.05, 3.63) is 12.3 Å². The molecule has 1 fully saturated rings. The fraction of sp³-hybridized carbons (Fsp3) is 0.692. The van der Waals surface area contributed by atoms with Crippen molar-refractivity contribution in [3.63, 3.8) is 0 Å². The normalized spacial score (nSPS) is 16.3. The smallest absolute Gasteiger partial charge is 0.224 e. The molecule has 0 aliphatic heterocycles. The van der Waals surface area contributed by atoms with Crippen LogP contribution in [0.25, 0.3) is 0 Å². The minimum Gasteiger partial charge on any atom is -0.396 e. The molecule has 5 heteroatoms. The van der Waals surface area contributed by atoms with Crippen molar-refractivity contribution >= 4 is 11.8 Å². The maximum absolute atomic E-state index is 9.02. The SMILES string of the molecule is CCCNc1nccc(NCC2(CCO)CC2)n1. The number of hydrogen-bond donors (Lipinski definition) is 3. The van der Waals surface area contributed by atoms with E-state index in [4.69, 9.17) is 5.11 Å². The molecule has 0 spiro atoms. The fourth-order valence-corrected chi connectivity index (χ4v) is 1.99. The van der Waals surface area contributed by atoms with Gasteiger partial charge >= 0.3 is 0 Å². The molecule has 0 aromatic carbocycles. The molecule has 1 aliphatic rings. The van der Waals surface area contributed by atoms with Crippen molar-refractivity contribution in [2.24, 2.45) is 5.41 Å². The van der Waals surface area contributed by atoms with E-state index in [1.807, 2.05) is 6.07 Å². The topological polar surface area (TPSA) is 70.1 Å². The van der Waals surface area contributed by atoms with Crippen LogP contribution in [-0.2, 0) is 0 Å². The zero-order valence-electron chi connectivity index (χ0n) is 10.9. The summed E-state index contributed by atoms with van der Waals surface area (Å²) in [7, 11) is 0. The maximum atomic E-state index is 9.02. The monoisotopic (exact) mass is 250 g/mol. The first-order valence-electron chi connectivity index (χ1n) is 6.70. The lowest BCUT2D eigenvalue weighted by Gasteiger charge is -2.15. The minimum atomic E-state index is 0.273. The molecule has 1 heterocycles. The molecule has 100 valence electrons. The summed E-state index contributed by atoms with van der Waals surface area (Å²) in [5, 5.41) is 15.5. The molecule has 0 amide bonds. The molecule has 5 nitrogen and oxygen atoms in total. The number of nitrogens with one attached hydrogen (secondary N) is 2. The summed E-state index contributed by atoms with van der Waals surface area (Å²) in [6, 6.07) is 1.88. The average Bonchev–Trinajstić information content (AvgIpc) is 3.15. The molecule has 1 saturated carbocycles. The lowest BCUT2D eigenvalue weighted by molar-refractivity contribution is 0.253. The second kappa shape index (κ2) is 6.00. The third kappa shape index (κ3) is 3.57. The number of hydrogen-bond acceptors (Lipinski definition) is 5. The minimum absolute atomic E-state index is 0.273. The van der Waals surface area contributed by atoms with Crippen LogP contribution in [0.5, 0.6) is 0 Å². The Kier molecular flexibility index (Phi) is 4.36. The van der Waals surface area contributed by atoms with Crippen LogP contribution in [0.2, 0.25) is 0 Å². The van der Waals surface area contributed by atoms with Gasteiger partial charge in [0.15, 0.2) is 0 Å². The van der Waals surface area contributed by atoms with Crippen molar-refractivity contribution in [3.8, 4) is 0 Å². The van der Waals surface area contributed by atoms with Crippen molar-refractivity contribution in [2.45, 2.75) is 32.6 Å². The van der Waals surface area contributed by atoms with Crippen LogP contribution in [0.3, 0.4) is 0 Å². The summed E-state index contributed by atoms with van der Waals surface area (Å²) in [6.07, 6.45) is 6.10. The van der Waals surface area contributed by atoms with Gasteiger partial charge in [0.2, 0.25) is 5.95 Å². The number of rotatable bonds is 8. The van der Waals surface area contributed by atoms with Gasteiger partial charge < -0.3 is 15.7 Å². The van der Waals surface area contributed by atoms with Gasteiger partial charge in [0.25, 0.3) is 0 Å². The summed E-state index contributed by atoms with van der Waals surface area (Å²) in [4.78, 5) is 8.58. The average molecular weight is 250 g/mol. The quantitative estimate of drug-likeness (QED) is 0.657. The van der Waals surface area contributed by atoms with E-state index in [9.17, 15) is 0 Å². The number of anilines is 2. The van der Waals surface area contributed by atoms with Crippen LogP contribution in [0.1, 0.15) is 32.6 Å². The molecular formula is C13H22N4O. The molecule has 0 unspecified atom stereocenters. The molecule has 0 atom stereocenters. The molecule has 2 rings (SSSR count). The number of aromatic nitrogens is 2. The van der Waals surface area contributed by atoms with E-state index in [1.54, 1.807) is 6.20 Å². The van der Waals surface area contributed by atoms with E-state index in [1.165, 1.54) is 12.8 Å². The van der Waals surface area contributed by atoms with Crippen LogP contribution < -0.4 is 10.6 Å². The second-order valence-corrected chi connectivity index (χ2v) is 5.02. The van der Waals surface area contributed by atoms with Crippen LogP contribution in [0, 0.1) is 5.41 Å². The molecule has 3 N–H and O–H groups in total. The van der Waals surface area contributed by atoms with E-state index in [0.717, 1.165) is 31.7 Å². The molecule has 18 heavy (non-hydrogen) atoms. The third-order valence-electron chi connectivity index (χ3n) is 3.43. The lowest BCUT2D eigenvalue weighted by atomic mass is 10.0. The Morgan fingerprint density at radius 3 is 2.89 bits per heavy atom. The largest absolute Gasteiger partial charge is 0.396 e. The van der Waals surface area contributed by atoms with Crippen molar-refractivity contribution in [2.75, 3.05) is 30.3 Å². The highest BCUT2D eigenvalue weighted by molar-refractivity contribution is 5.39. The first kappa shape index (κ1) is 13.1. The first-order chi connectivity index (χ1) is 8.78. The number of aliphatic hydroxyl groups is 1. The van der Waals surface area contributed by atoms with E-state index in [-0.39, 0.29) is 6.61 Å². The third-order valence-corrected chi connectivity index (χ3v) is 3.43. The molecule has 1 aromatic heterocycles. The summed E-state index contributed by atoms with van der Waals surface area (Å²) >= 11 is 0. The van der Waals surface area contributed by atoms with Crippen molar-refractivity contribution in [1.82, 2.24) is 9.97 Å². The summed E-state index contributed by atoms with van der Waals surface area (Å²) in [5.41, 5.74) is 0.302. The van der Waals surface area contributed by atoms with Gasteiger partial charge in [0.1, 0.15) is 5.82 Å². The summed E-state index contributed by atoms with van der Waals surface area (Å²) < 4.78 is 0. The second-order valence-electron chi connectivity index (χ2n) is 5.02. The van der Waals surface area contributed by atoms with E-state index < -0.39 is 0 Å². The number of aliphatic hydroxyl groups excluding tert-OH is 1. The highest BCUT2D eigenvalue weighted by Crippen LogP contribution is 2.48. The Labute approximate surface area is 108 Å². The van der Waals surface area contributed by atoms with Gasteiger partial charge in [-0.15, -0.1) is 0 Å². The highest BCUT2D eigenvalue weighted by Gasteiger charge is 2.41. The van der Waals surface area contributed by atoms with Crippen molar-refractivity contribution < 1.29 is 5.11 Å². The van der Waals surface area contributed by atoms with Crippen LogP contribution in [0.15, 0.2) is 12.3 Å². The van der Waals surface area contributed by atoms with E-state index in [2.05, 4.69) is 27.5 Å². The van der Waals surface area contributed by atoms with Gasteiger partial charge in [-0.1, -0.05) is 6.92 Å². The number of nitrogens with zero attached hydrogens (tertiary/aromatic N) is 2. The van der Waals surface area contributed by atoms with Gasteiger partial charge in [-0.05, 0) is 37.2 Å². The Morgan fingerprint density at radius 1 is 1.39 bits per heavy atom. The lowest BCUT2D eigenvalue weighted by Crippen LogP contribution is -2.17. The zero-order valence-corrected chi connectivity index (χ0v) is 10.9. The van der Waals surface area contributed by atoms with E-state index >= 15 is 0 Å². The molecule has 0 radical (unpaired) electrons. The van der Waals surface area contributed by atoms with Gasteiger partial charge in [0.05, 0.1) is 0 Å². The van der Waals surface area contributed by atoms with Crippen LogP contribution in [0.4, 0.5) is 11.8 Å². The van der Waals surface area contributed by atoms with Gasteiger partial charge in [-0.3, -0.25) is 0 Å². The molecule has 0 saturated heterocycles. The van der Waals surface area contributed by atoms with Crippen LogP contribution in [-0.4, -0.2) is 34.8 Å². The Balaban J connectivity index is 1.85. The predicted octanol–water partition coefficient (Wildman–Crippen LogP) is 1.87. The maximum Gasteiger partial charge on any atom is 0.224 e.